The molecule has 0 spiro atoms. The number of nitrogens with zero attached hydrogens (tertiary/aromatic N) is 1. The van der Waals surface area contributed by atoms with E-state index in [1.165, 1.54) is 21.8 Å². The maximum atomic E-state index is 6.04. The maximum Gasteiger partial charge on any atom is 0.0552 e. The van der Waals surface area contributed by atoms with Crippen molar-refractivity contribution < 1.29 is 0 Å². The lowest BCUT2D eigenvalue weighted by Crippen LogP contribution is -1.93. The van der Waals surface area contributed by atoms with Gasteiger partial charge in [0.15, 0.2) is 0 Å². The number of rotatable bonds is 1. The fourth-order valence-electron chi connectivity index (χ4n) is 2.83. The van der Waals surface area contributed by atoms with E-state index in [2.05, 4.69) is 72.8 Å². The molecule has 0 amide bonds. The van der Waals surface area contributed by atoms with E-state index in [1.54, 1.807) is 0 Å². The first-order valence-corrected chi connectivity index (χ1v) is 8.75. The molecule has 0 saturated carbocycles. The molecule has 4 rings (SSSR count). The van der Waals surface area contributed by atoms with Crippen LogP contribution in [-0.2, 0) is 0 Å². The second kappa shape index (κ2) is 5.41. The Hall–Kier alpha value is -1.29. The normalized spacial score (nSPS) is 11.4. The lowest BCUT2D eigenvalue weighted by atomic mass is 10.2. The molecule has 0 bridgehead atoms. The van der Waals surface area contributed by atoms with Crippen molar-refractivity contribution in [2.45, 2.75) is 0 Å². The zero-order chi connectivity index (χ0) is 15.3. The van der Waals surface area contributed by atoms with Crippen molar-refractivity contribution in [3.05, 3.63) is 74.6 Å². The van der Waals surface area contributed by atoms with Crippen molar-refractivity contribution in [2.75, 3.05) is 0 Å². The van der Waals surface area contributed by atoms with Crippen LogP contribution < -0.4 is 0 Å². The van der Waals surface area contributed by atoms with Crippen molar-refractivity contribution >= 4 is 65.3 Å². The molecular weight excluding hydrogens is 425 g/mol. The Morgan fingerprint density at radius 2 is 1.18 bits per heavy atom. The van der Waals surface area contributed by atoms with E-state index in [1.807, 2.05) is 24.3 Å². The van der Waals surface area contributed by atoms with Gasteiger partial charge < -0.3 is 4.57 Å². The molecule has 1 aromatic heterocycles. The second-order valence-corrected chi connectivity index (χ2v) is 7.40. The average molecular weight is 436 g/mol. The molecule has 4 aromatic rings. The molecule has 3 aromatic carbocycles. The standard InChI is InChI=1S/C18H10Br2ClN/c19-11-1-7-15-16-8-2-12(20)10-18(16)22(17(15)9-11)14-5-3-13(21)4-6-14/h1-10H. The van der Waals surface area contributed by atoms with Gasteiger partial charge in [-0.05, 0) is 48.5 Å². The van der Waals surface area contributed by atoms with Crippen molar-refractivity contribution in [1.82, 2.24) is 4.57 Å². The molecule has 0 aliphatic rings. The van der Waals surface area contributed by atoms with Crippen LogP contribution in [0.3, 0.4) is 0 Å². The van der Waals surface area contributed by atoms with Crippen LogP contribution in [0.15, 0.2) is 69.6 Å². The van der Waals surface area contributed by atoms with Crippen molar-refractivity contribution in [3.63, 3.8) is 0 Å². The lowest BCUT2D eigenvalue weighted by molar-refractivity contribution is 1.18. The summed E-state index contributed by atoms with van der Waals surface area (Å²) in [5, 5.41) is 3.22. The Kier molecular flexibility index (Phi) is 3.52. The maximum absolute atomic E-state index is 6.04. The summed E-state index contributed by atoms with van der Waals surface area (Å²) in [7, 11) is 0. The van der Waals surface area contributed by atoms with Gasteiger partial charge in [-0.25, -0.2) is 0 Å². The Bertz CT molecular complexity index is 944. The fraction of sp³-hybridized carbons (Fsp3) is 0. The van der Waals surface area contributed by atoms with E-state index >= 15 is 0 Å². The molecule has 0 radical (unpaired) electrons. The highest BCUT2D eigenvalue weighted by atomic mass is 79.9. The highest BCUT2D eigenvalue weighted by Gasteiger charge is 2.12. The quantitative estimate of drug-likeness (QED) is 0.304. The van der Waals surface area contributed by atoms with E-state index in [4.69, 9.17) is 11.6 Å². The first-order valence-electron chi connectivity index (χ1n) is 6.79. The zero-order valence-corrected chi connectivity index (χ0v) is 15.3. The molecule has 4 heteroatoms. The molecule has 22 heavy (non-hydrogen) atoms. The summed E-state index contributed by atoms with van der Waals surface area (Å²) in [6.45, 7) is 0. The molecule has 108 valence electrons. The first kappa shape index (κ1) is 14.3. The van der Waals surface area contributed by atoms with Crippen LogP contribution in [0, 0.1) is 0 Å². The molecule has 0 aliphatic heterocycles. The van der Waals surface area contributed by atoms with E-state index in [-0.39, 0.29) is 0 Å². The topological polar surface area (TPSA) is 4.93 Å². The predicted octanol–water partition coefficient (Wildman–Crippen LogP) is 6.96. The van der Waals surface area contributed by atoms with Crippen LogP contribution in [-0.4, -0.2) is 4.57 Å². The Morgan fingerprint density at radius 1 is 0.682 bits per heavy atom. The molecule has 0 aliphatic carbocycles. The van der Waals surface area contributed by atoms with E-state index in [0.717, 1.165) is 19.7 Å². The smallest absolute Gasteiger partial charge is 0.0552 e. The van der Waals surface area contributed by atoms with Crippen LogP contribution in [0.4, 0.5) is 0 Å². The molecule has 0 atom stereocenters. The minimum Gasteiger partial charge on any atom is -0.309 e. The molecule has 0 fully saturated rings. The van der Waals surface area contributed by atoms with Crippen molar-refractivity contribution in [3.8, 4) is 5.69 Å². The van der Waals surface area contributed by atoms with E-state index in [9.17, 15) is 0 Å². The highest BCUT2D eigenvalue weighted by molar-refractivity contribution is 9.10. The molecule has 0 unspecified atom stereocenters. The minimum absolute atomic E-state index is 0.742. The summed E-state index contributed by atoms with van der Waals surface area (Å²) in [6, 6.07) is 20.7. The molecular formula is C18H10Br2ClN. The molecule has 1 heterocycles. The van der Waals surface area contributed by atoms with Crippen molar-refractivity contribution in [2.24, 2.45) is 0 Å². The van der Waals surface area contributed by atoms with Gasteiger partial charge in [-0.15, -0.1) is 0 Å². The van der Waals surface area contributed by atoms with Gasteiger partial charge in [0, 0.05) is 30.4 Å². The number of aromatic nitrogens is 1. The summed E-state index contributed by atoms with van der Waals surface area (Å²) in [6.07, 6.45) is 0. The first-order chi connectivity index (χ1) is 10.6. The van der Waals surface area contributed by atoms with Crippen molar-refractivity contribution in [1.29, 1.82) is 0 Å². The molecule has 0 saturated heterocycles. The highest BCUT2D eigenvalue weighted by Crippen LogP contribution is 2.35. The predicted molar refractivity (Wildman–Crippen MR) is 101 cm³/mol. The van der Waals surface area contributed by atoms with Gasteiger partial charge in [-0.1, -0.05) is 55.6 Å². The summed E-state index contributed by atoms with van der Waals surface area (Å²) in [4.78, 5) is 0. The van der Waals surface area contributed by atoms with Crippen LogP contribution in [0.5, 0.6) is 0 Å². The third-order valence-corrected chi connectivity index (χ3v) is 5.01. The van der Waals surface area contributed by atoms with E-state index in [0.29, 0.717) is 0 Å². The summed E-state index contributed by atoms with van der Waals surface area (Å²) < 4.78 is 4.39. The van der Waals surface area contributed by atoms with Gasteiger partial charge in [0.05, 0.1) is 11.0 Å². The molecule has 1 nitrogen and oxygen atoms in total. The van der Waals surface area contributed by atoms with Gasteiger partial charge in [-0.2, -0.15) is 0 Å². The largest absolute Gasteiger partial charge is 0.309 e. The Balaban J connectivity index is 2.19. The van der Waals surface area contributed by atoms with Crippen LogP contribution in [0.1, 0.15) is 0 Å². The van der Waals surface area contributed by atoms with Gasteiger partial charge in [0.25, 0.3) is 0 Å². The number of benzene rings is 3. The number of halogens is 3. The van der Waals surface area contributed by atoms with Gasteiger partial charge in [0.2, 0.25) is 0 Å². The molecule has 0 N–H and O–H groups in total. The number of fused-ring (bicyclic) bond motifs is 3. The van der Waals surface area contributed by atoms with Gasteiger partial charge in [-0.3, -0.25) is 0 Å². The van der Waals surface area contributed by atoms with Gasteiger partial charge in [0.1, 0.15) is 0 Å². The van der Waals surface area contributed by atoms with Crippen LogP contribution in [0.2, 0.25) is 5.02 Å². The lowest BCUT2D eigenvalue weighted by Gasteiger charge is -2.08. The second-order valence-electron chi connectivity index (χ2n) is 5.13. The number of hydrogen-bond donors (Lipinski definition) is 0. The van der Waals surface area contributed by atoms with Crippen LogP contribution >= 0.6 is 43.5 Å². The van der Waals surface area contributed by atoms with E-state index < -0.39 is 0 Å². The third-order valence-electron chi connectivity index (χ3n) is 3.78. The Morgan fingerprint density at radius 3 is 1.68 bits per heavy atom. The third kappa shape index (κ3) is 2.28. The SMILES string of the molecule is Clc1ccc(-n2c3cc(Br)ccc3c3ccc(Br)cc32)cc1. The zero-order valence-electron chi connectivity index (χ0n) is 11.4. The van der Waals surface area contributed by atoms with Gasteiger partial charge >= 0.3 is 0 Å². The number of hydrogen-bond acceptors (Lipinski definition) is 0. The summed E-state index contributed by atoms with van der Waals surface area (Å²) in [5.74, 6) is 0. The summed E-state index contributed by atoms with van der Waals surface area (Å²) in [5.41, 5.74) is 3.44. The minimum atomic E-state index is 0.742. The fourth-order valence-corrected chi connectivity index (χ4v) is 3.66. The monoisotopic (exact) mass is 433 g/mol. The summed E-state index contributed by atoms with van der Waals surface area (Å²) >= 11 is 13.2. The van der Waals surface area contributed by atoms with Crippen LogP contribution in [0.25, 0.3) is 27.5 Å². The Labute approximate surface area is 149 Å². The average Bonchev–Trinajstić information content (AvgIpc) is 2.80.